The standard InChI is InChI=1S/C20H20N2O/c1-2-6-17(7-3-1)16-23-20-10-4-8-18(12-20)13-22-15-19-9-5-11-21-14-19/h1-12,14,22H,13,15-16H2/p+1. The van der Waals surface area contributed by atoms with Gasteiger partial charge in [0, 0.05) is 23.5 Å². The van der Waals surface area contributed by atoms with E-state index in [0.717, 1.165) is 18.8 Å². The number of aromatic nitrogens is 1. The monoisotopic (exact) mass is 305 g/mol. The van der Waals surface area contributed by atoms with Crippen molar-refractivity contribution in [2.24, 2.45) is 0 Å². The minimum absolute atomic E-state index is 0.601. The molecule has 0 saturated heterocycles. The number of hydrogen-bond acceptors (Lipinski definition) is 2. The summed E-state index contributed by atoms with van der Waals surface area (Å²) >= 11 is 0. The van der Waals surface area contributed by atoms with Gasteiger partial charge in [-0.1, -0.05) is 48.5 Å². The van der Waals surface area contributed by atoms with Crippen LogP contribution < -0.4 is 10.1 Å². The van der Waals surface area contributed by atoms with Crippen LogP contribution in [0.5, 0.6) is 5.75 Å². The summed E-state index contributed by atoms with van der Waals surface area (Å²) < 4.78 is 5.87. The largest absolute Gasteiger partial charge is 0.489 e. The molecule has 116 valence electrons. The van der Waals surface area contributed by atoms with Crippen LogP contribution in [0.2, 0.25) is 0 Å². The highest BCUT2D eigenvalue weighted by Crippen LogP contribution is 2.14. The number of nitrogens with two attached hydrogens (primary N) is 1. The maximum Gasteiger partial charge on any atom is 0.120 e. The zero-order valence-electron chi connectivity index (χ0n) is 13.1. The first-order valence-electron chi connectivity index (χ1n) is 7.86. The first-order chi connectivity index (χ1) is 11.4. The predicted molar refractivity (Wildman–Crippen MR) is 90.8 cm³/mol. The van der Waals surface area contributed by atoms with E-state index in [1.54, 1.807) is 6.20 Å². The van der Waals surface area contributed by atoms with Gasteiger partial charge in [0.1, 0.15) is 25.4 Å². The normalized spacial score (nSPS) is 10.4. The van der Waals surface area contributed by atoms with Crippen LogP contribution in [-0.2, 0) is 19.7 Å². The average Bonchev–Trinajstić information content (AvgIpc) is 2.62. The zero-order valence-corrected chi connectivity index (χ0v) is 13.1. The van der Waals surface area contributed by atoms with Crippen molar-refractivity contribution in [3.05, 3.63) is 95.8 Å². The van der Waals surface area contributed by atoms with Gasteiger partial charge in [-0.15, -0.1) is 0 Å². The van der Waals surface area contributed by atoms with Gasteiger partial charge < -0.3 is 10.1 Å². The Labute approximate surface area is 137 Å². The third-order valence-electron chi connectivity index (χ3n) is 3.63. The first kappa shape index (κ1) is 15.3. The lowest BCUT2D eigenvalue weighted by atomic mass is 10.2. The van der Waals surface area contributed by atoms with Crippen LogP contribution in [0.3, 0.4) is 0 Å². The fraction of sp³-hybridized carbons (Fsp3) is 0.150. The zero-order chi connectivity index (χ0) is 15.7. The van der Waals surface area contributed by atoms with Crippen molar-refractivity contribution in [1.82, 2.24) is 4.98 Å². The Bertz CT molecular complexity index is 714. The summed E-state index contributed by atoms with van der Waals surface area (Å²) in [4.78, 5) is 4.14. The molecule has 0 amide bonds. The topological polar surface area (TPSA) is 38.7 Å². The van der Waals surface area contributed by atoms with E-state index < -0.39 is 0 Å². The molecular weight excluding hydrogens is 284 g/mol. The Morgan fingerprint density at radius 3 is 2.39 bits per heavy atom. The van der Waals surface area contributed by atoms with Crippen LogP contribution in [0.15, 0.2) is 79.1 Å². The van der Waals surface area contributed by atoms with Crippen LogP contribution in [0.25, 0.3) is 0 Å². The minimum atomic E-state index is 0.601. The third-order valence-corrected chi connectivity index (χ3v) is 3.63. The summed E-state index contributed by atoms with van der Waals surface area (Å²) in [6, 6.07) is 22.6. The summed E-state index contributed by atoms with van der Waals surface area (Å²) in [5.41, 5.74) is 3.68. The Kier molecular flexibility index (Phi) is 5.38. The van der Waals surface area contributed by atoms with Crippen molar-refractivity contribution in [3.8, 4) is 5.75 Å². The van der Waals surface area contributed by atoms with E-state index in [0.29, 0.717) is 6.61 Å². The average molecular weight is 305 g/mol. The van der Waals surface area contributed by atoms with Crippen LogP contribution >= 0.6 is 0 Å². The molecule has 0 aliphatic carbocycles. The summed E-state index contributed by atoms with van der Waals surface area (Å²) in [5, 5.41) is 2.27. The lowest BCUT2D eigenvalue weighted by Gasteiger charge is -2.08. The Hall–Kier alpha value is -2.65. The molecule has 0 fully saturated rings. The van der Waals surface area contributed by atoms with Crippen molar-refractivity contribution < 1.29 is 10.1 Å². The Balaban J connectivity index is 1.51. The summed E-state index contributed by atoms with van der Waals surface area (Å²) in [6.45, 7) is 2.46. The van der Waals surface area contributed by atoms with Crippen molar-refractivity contribution in [1.29, 1.82) is 0 Å². The summed E-state index contributed by atoms with van der Waals surface area (Å²) in [6.07, 6.45) is 3.72. The molecule has 3 rings (SSSR count). The predicted octanol–water partition coefficient (Wildman–Crippen LogP) is 2.92. The highest BCUT2D eigenvalue weighted by molar-refractivity contribution is 5.28. The highest BCUT2D eigenvalue weighted by Gasteiger charge is 2.01. The molecule has 23 heavy (non-hydrogen) atoms. The van der Waals surface area contributed by atoms with Gasteiger partial charge >= 0.3 is 0 Å². The van der Waals surface area contributed by atoms with Crippen molar-refractivity contribution in [2.75, 3.05) is 0 Å². The number of rotatable bonds is 7. The molecule has 0 aliphatic rings. The van der Waals surface area contributed by atoms with Gasteiger partial charge in [-0.25, -0.2) is 0 Å². The van der Waals surface area contributed by atoms with Gasteiger partial charge in [-0.05, 0) is 23.8 Å². The molecule has 3 aromatic rings. The van der Waals surface area contributed by atoms with Crippen molar-refractivity contribution in [2.45, 2.75) is 19.7 Å². The van der Waals surface area contributed by atoms with E-state index in [1.165, 1.54) is 16.7 Å². The van der Waals surface area contributed by atoms with E-state index >= 15 is 0 Å². The summed E-state index contributed by atoms with van der Waals surface area (Å²) in [7, 11) is 0. The van der Waals surface area contributed by atoms with E-state index in [9.17, 15) is 0 Å². The molecule has 1 heterocycles. The maximum absolute atomic E-state index is 5.87. The van der Waals surface area contributed by atoms with Crippen molar-refractivity contribution in [3.63, 3.8) is 0 Å². The Morgan fingerprint density at radius 2 is 1.57 bits per heavy atom. The number of pyridine rings is 1. The first-order valence-corrected chi connectivity index (χ1v) is 7.86. The van der Waals surface area contributed by atoms with Crippen molar-refractivity contribution >= 4 is 0 Å². The lowest BCUT2D eigenvalue weighted by molar-refractivity contribution is -0.686. The van der Waals surface area contributed by atoms with Gasteiger partial charge in [0.15, 0.2) is 0 Å². The van der Waals surface area contributed by atoms with Gasteiger partial charge in [-0.3, -0.25) is 4.98 Å². The second-order valence-corrected chi connectivity index (χ2v) is 5.48. The van der Waals surface area contributed by atoms with E-state index in [2.05, 4.69) is 40.6 Å². The molecule has 0 unspecified atom stereocenters. The molecule has 0 radical (unpaired) electrons. The SMILES string of the molecule is c1ccc(COc2cccc(C[NH2+]Cc3cccnc3)c2)cc1. The molecule has 0 atom stereocenters. The third kappa shape index (κ3) is 4.94. The molecule has 1 aromatic heterocycles. The van der Waals surface area contributed by atoms with Gasteiger partial charge in [-0.2, -0.15) is 0 Å². The number of benzene rings is 2. The molecular formula is C20H21N2O+. The number of ether oxygens (including phenoxy) is 1. The van der Waals surface area contributed by atoms with Gasteiger partial charge in [0.25, 0.3) is 0 Å². The van der Waals surface area contributed by atoms with E-state index in [1.807, 2.05) is 42.6 Å². The van der Waals surface area contributed by atoms with Crippen LogP contribution in [0.4, 0.5) is 0 Å². The second kappa shape index (κ2) is 8.11. The number of quaternary nitrogens is 1. The van der Waals surface area contributed by atoms with Gasteiger partial charge in [0.05, 0.1) is 0 Å². The van der Waals surface area contributed by atoms with E-state index in [4.69, 9.17) is 4.74 Å². The lowest BCUT2D eigenvalue weighted by Crippen LogP contribution is -2.80. The van der Waals surface area contributed by atoms with Crippen LogP contribution in [0, 0.1) is 0 Å². The quantitative estimate of drug-likeness (QED) is 0.729. The maximum atomic E-state index is 5.87. The fourth-order valence-corrected chi connectivity index (χ4v) is 2.43. The molecule has 0 bridgehead atoms. The molecule has 0 aliphatic heterocycles. The smallest absolute Gasteiger partial charge is 0.120 e. The van der Waals surface area contributed by atoms with Crippen LogP contribution in [-0.4, -0.2) is 4.98 Å². The highest BCUT2D eigenvalue weighted by atomic mass is 16.5. The van der Waals surface area contributed by atoms with E-state index in [-0.39, 0.29) is 0 Å². The molecule has 2 aromatic carbocycles. The molecule has 0 saturated carbocycles. The number of nitrogens with zero attached hydrogens (tertiary/aromatic N) is 1. The molecule has 3 nitrogen and oxygen atoms in total. The number of hydrogen-bond donors (Lipinski definition) is 1. The van der Waals surface area contributed by atoms with Crippen LogP contribution in [0.1, 0.15) is 16.7 Å². The fourth-order valence-electron chi connectivity index (χ4n) is 2.43. The molecule has 0 spiro atoms. The minimum Gasteiger partial charge on any atom is -0.489 e. The summed E-state index contributed by atoms with van der Waals surface area (Å²) in [5.74, 6) is 0.918. The van der Waals surface area contributed by atoms with Gasteiger partial charge in [0.2, 0.25) is 0 Å². The molecule has 2 N–H and O–H groups in total. The molecule has 3 heteroatoms. The Morgan fingerprint density at radius 1 is 0.783 bits per heavy atom. The second-order valence-electron chi connectivity index (χ2n) is 5.48.